The van der Waals surface area contributed by atoms with Gasteiger partial charge in [0.15, 0.2) is 0 Å². The Morgan fingerprint density at radius 3 is 1.00 bits per heavy atom. The fourth-order valence-electron chi connectivity index (χ4n) is 2.47. The predicted molar refractivity (Wildman–Crippen MR) is 181 cm³/mol. The molecule has 0 fully saturated rings. The summed E-state index contributed by atoms with van der Waals surface area (Å²) in [6.45, 7) is 1.09. The number of thiol groups is 1. The molecule has 0 saturated carbocycles. The summed E-state index contributed by atoms with van der Waals surface area (Å²) in [5.41, 5.74) is 22.5. The second kappa shape index (κ2) is 48.4. The van der Waals surface area contributed by atoms with Crippen molar-refractivity contribution < 1.29 is 95.3 Å². The van der Waals surface area contributed by atoms with Crippen LogP contribution in [0.2, 0.25) is 0 Å². The van der Waals surface area contributed by atoms with Gasteiger partial charge in [-0.15, -0.1) is 0 Å². The predicted octanol–water partition coefficient (Wildman–Crippen LogP) is -9.63. The first-order valence-corrected chi connectivity index (χ1v) is 22.1. The number of quaternary nitrogens is 6. The van der Waals surface area contributed by atoms with Crippen LogP contribution in [0, 0.1) is 0 Å². The molecule has 0 aliphatic rings. The van der Waals surface area contributed by atoms with Crippen LogP contribution in [0.1, 0.15) is 32.1 Å². The van der Waals surface area contributed by atoms with Crippen molar-refractivity contribution in [3.63, 3.8) is 0 Å². The largest absolute Gasteiger partial charge is 0.723 e. The van der Waals surface area contributed by atoms with E-state index in [1.165, 1.54) is 0 Å². The number of hydrogen-bond acceptors (Lipinski definition) is 18. The standard InChI is InChI=1S/C8H20N2O4S2.C7H18N2O4S2.C5H13NO2S.C4H11NO2S/c9-7(5-13-11)1-3-15-16-4-2-8(10)6-14-12;8-6(3-12-10)1-2-14-15-5-7(9)4-13-11;1-9-3-2-5(6)4-8-7;5-4(1-2-8)3-7-6/h7-8,11-12H,1-6,9-10H2;6-7,10-11H,1-5,8-9H2;5,7H,2-4,6H2,1H3;4,6,8H,1-3,5H2. The summed E-state index contributed by atoms with van der Waals surface area (Å²) in [7, 11) is 6.81. The Balaban J connectivity index is -0.000000280. The molecule has 0 heterocycles. The monoisotopic (exact) mass is 818 g/mol. The summed E-state index contributed by atoms with van der Waals surface area (Å²) < 4.78 is 0. The molecular weight excluding hydrogens is 757 g/mol. The van der Waals surface area contributed by atoms with Crippen LogP contribution in [0.5, 0.6) is 0 Å². The Kier molecular flexibility index (Phi) is 56.6. The minimum atomic E-state index is 0.0283. The van der Waals surface area contributed by atoms with Crippen molar-refractivity contribution in [2.24, 2.45) is 0 Å². The number of thioether (sulfide) groups is 1. The van der Waals surface area contributed by atoms with Gasteiger partial charge in [-0.3, -0.25) is 0 Å². The van der Waals surface area contributed by atoms with Crippen molar-refractivity contribution in [1.29, 1.82) is 0 Å². The molecule has 6 atom stereocenters. The summed E-state index contributed by atoms with van der Waals surface area (Å²) in [5.74, 6) is 5.40. The van der Waals surface area contributed by atoms with Crippen LogP contribution in [0.3, 0.4) is 0 Å². The first-order valence-electron chi connectivity index (χ1n) is 15.1. The first kappa shape index (κ1) is 56.1. The fraction of sp³-hybridized carbons (Fsp3) is 1.00. The molecule has 18 N–H and O–H groups in total. The smallest absolute Gasteiger partial charge is 0.117 e. The van der Waals surface area contributed by atoms with Gasteiger partial charge in [0.05, 0.1) is 45.4 Å². The number of hydrogen-bond donors (Lipinski definition) is 7. The normalized spacial score (nSPS) is 14.6. The molecule has 0 aromatic carbocycles. The maximum absolute atomic E-state index is 9.82. The second-order valence-corrected chi connectivity index (χ2v) is 17.1. The van der Waals surface area contributed by atoms with Crippen LogP contribution in [0.4, 0.5) is 0 Å². The van der Waals surface area contributed by atoms with E-state index < -0.39 is 0 Å². The SMILES string of the molecule is CSCCC([NH3+])CO[O-].[NH3+]C(CCS)CO[O-].[NH3+]C(CCSSCC([NH3+])CO[O-])CO[O-].[NH3+]C(CCSSCCC([NH3+])CO[O-])CO[O-]. The zero-order valence-corrected chi connectivity index (χ0v) is 33.1. The lowest BCUT2D eigenvalue weighted by atomic mass is 10.3. The highest BCUT2D eigenvalue weighted by atomic mass is 33.1. The Hall–Kier alpha value is 1.38. The van der Waals surface area contributed by atoms with Crippen LogP contribution < -0.4 is 65.9 Å². The summed E-state index contributed by atoms with van der Waals surface area (Å²) in [4.78, 5) is 22.3. The lowest BCUT2D eigenvalue weighted by Crippen LogP contribution is -2.64. The van der Waals surface area contributed by atoms with Crippen LogP contribution in [0.15, 0.2) is 0 Å². The van der Waals surface area contributed by atoms with Gasteiger partial charge in [0.25, 0.3) is 0 Å². The fourth-order valence-corrected chi connectivity index (χ4v) is 8.23. The van der Waals surface area contributed by atoms with Gasteiger partial charge in [0, 0.05) is 49.4 Å². The zero-order chi connectivity index (χ0) is 37.3. The molecular formula is C24H62N6O12S6. The van der Waals surface area contributed by atoms with Gasteiger partial charge in [-0.05, 0) is 17.8 Å². The highest BCUT2D eigenvalue weighted by Crippen LogP contribution is 2.23. The molecule has 0 bridgehead atoms. The maximum atomic E-state index is 9.82. The Labute approximate surface area is 310 Å². The molecule has 48 heavy (non-hydrogen) atoms. The average molecular weight is 819 g/mol. The minimum Gasteiger partial charge on any atom is -0.723 e. The molecule has 18 nitrogen and oxygen atoms in total. The molecule has 0 spiro atoms. The Morgan fingerprint density at radius 1 is 0.438 bits per heavy atom. The van der Waals surface area contributed by atoms with E-state index in [0.29, 0.717) is 0 Å². The highest BCUT2D eigenvalue weighted by molar-refractivity contribution is 8.77. The van der Waals surface area contributed by atoms with E-state index in [4.69, 9.17) is 0 Å². The van der Waals surface area contributed by atoms with E-state index in [1.807, 2.05) is 6.26 Å². The van der Waals surface area contributed by atoms with Crippen molar-refractivity contribution in [1.82, 2.24) is 0 Å². The Bertz CT molecular complexity index is 556. The lowest BCUT2D eigenvalue weighted by molar-refractivity contribution is -0.698. The molecule has 296 valence electrons. The van der Waals surface area contributed by atoms with E-state index >= 15 is 0 Å². The zero-order valence-electron chi connectivity index (χ0n) is 28.1. The van der Waals surface area contributed by atoms with Gasteiger partial charge in [0.2, 0.25) is 0 Å². The van der Waals surface area contributed by atoms with Crippen molar-refractivity contribution in [3.05, 3.63) is 0 Å². The molecule has 0 amide bonds. The van der Waals surface area contributed by atoms with Gasteiger partial charge in [-0.1, -0.05) is 43.2 Å². The maximum Gasteiger partial charge on any atom is 0.117 e. The second-order valence-electron chi connectivity index (χ2n) is 10.3. The average Bonchev–Trinajstić information content (AvgIpc) is 3.03. The van der Waals surface area contributed by atoms with Crippen LogP contribution in [-0.2, 0) is 29.3 Å². The van der Waals surface area contributed by atoms with E-state index in [1.54, 1.807) is 54.9 Å². The first-order chi connectivity index (χ1) is 23.0. The van der Waals surface area contributed by atoms with Gasteiger partial charge in [0.1, 0.15) is 36.3 Å². The molecule has 0 aliphatic heterocycles. The van der Waals surface area contributed by atoms with Crippen molar-refractivity contribution in [2.45, 2.75) is 68.4 Å². The van der Waals surface area contributed by atoms with E-state index in [2.05, 4.69) is 76.4 Å². The highest BCUT2D eigenvalue weighted by Gasteiger charge is 2.08. The summed E-state index contributed by atoms with van der Waals surface area (Å²) >= 11 is 5.71. The summed E-state index contributed by atoms with van der Waals surface area (Å²) in [5, 5.41) is 58.2. The minimum absolute atomic E-state index is 0.0283. The van der Waals surface area contributed by atoms with Crippen LogP contribution in [0.25, 0.3) is 0 Å². The molecule has 0 aliphatic carbocycles. The van der Waals surface area contributed by atoms with Crippen molar-refractivity contribution in [2.75, 3.05) is 80.4 Å². The third-order valence-electron chi connectivity index (χ3n) is 5.39. The molecule has 0 radical (unpaired) electrons. The van der Waals surface area contributed by atoms with Crippen molar-refractivity contribution >= 4 is 67.6 Å². The molecule has 6 unspecified atom stereocenters. The quantitative estimate of drug-likeness (QED) is 0.0116. The van der Waals surface area contributed by atoms with Crippen LogP contribution in [-0.4, -0.2) is 117 Å². The third kappa shape index (κ3) is 54.2. The summed E-state index contributed by atoms with van der Waals surface area (Å²) in [6, 6.07) is 0.483. The summed E-state index contributed by atoms with van der Waals surface area (Å²) in [6.07, 6.45) is 6.42. The molecule has 0 rings (SSSR count). The third-order valence-corrected chi connectivity index (χ3v) is 11.3. The molecule has 0 aromatic heterocycles. The van der Waals surface area contributed by atoms with Gasteiger partial charge < -0.3 is 95.3 Å². The van der Waals surface area contributed by atoms with Crippen molar-refractivity contribution in [3.8, 4) is 0 Å². The lowest BCUT2D eigenvalue weighted by Gasteiger charge is -2.12. The molecule has 0 saturated heterocycles. The Morgan fingerprint density at radius 2 is 0.708 bits per heavy atom. The van der Waals surface area contributed by atoms with Gasteiger partial charge in [-0.25, -0.2) is 0 Å². The van der Waals surface area contributed by atoms with E-state index in [9.17, 15) is 31.5 Å². The van der Waals surface area contributed by atoms with Crippen LogP contribution >= 0.6 is 67.6 Å². The topological polar surface area (TPSA) is 360 Å². The molecule has 24 heteroatoms. The van der Waals surface area contributed by atoms with E-state index in [-0.39, 0.29) is 75.9 Å². The van der Waals surface area contributed by atoms with Gasteiger partial charge >= 0.3 is 0 Å². The van der Waals surface area contributed by atoms with E-state index in [0.717, 1.165) is 66.6 Å². The number of rotatable bonds is 30. The molecule has 0 aromatic rings. The van der Waals surface area contributed by atoms with Gasteiger partial charge in [-0.2, -0.15) is 24.4 Å².